The van der Waals surface area contributed by atoms with Gasteiger partial charge in [0.15, 0.2) is 14.6 Å². The maximum absolute atomic E-state index is 13.2. The summed E-state index contributed by atoms with van der Waals surface area (Å²) >= 11 is 0. The van der Waals surface area contributed by atoms with Crippen molar-refractivity contribution in [3.05, 3.63) is 24.0 Å². The molecule has 0 unspecified atom stereocenters. The number of fused-ring (bicyclic) bond motifs is 1. The lowest BCUT2D eigenvalue weighted by atomic mass is 9.91. The molecule has 3 rings (SSSR count). The summed E-state index contributed by atoms with van der Waals surface area (Å²) in [4.78, 5) is 17.0. The van der Waals surface area contributed by atoms with E-state index < -0.39 is 20.6 Å². The van der Waals surface area contributed by atoms with Gasteiger partial charge in [0, 0.05) is 26.2 Å². The summed E-state index contributed by atoms with van der Waals surface area (Å²) < 4.78 is 37.1. The van der Waals surface area contributed by atoms with Gasteiger partial charge in [0.25, 0.3) is 0 Å². The molecule has 0 aliphatic carbocycles. The van der Waals surface area contributed by atoms with Crippen molar-refractivity contribution in [1.29, 1.82) is 0 Å². The Morgan fingerprint density at radius 1 is 1.19 bits per heavy atom. The number of hydrogen-bond donors (Lipinski definition) is 0. The van der Waals surface area contributed by atoms with Gasteiger partial charge in [-0.3, -0.25) is 4.79 Å². The van der Waals surface area contributed by atoms with Crippen LogP contribution in [0.15, 0.2) is 23.1 Å². The topological polar surface area (TPSA) is 87.5 Å². The molecule has 1 aliphatic rings. The average Bonchev–Trinajstić information content (AvgIpc) is 3.02. The van der Waals surface area contributed by atoms with Crippen LogP contribution in [-0.4, -0.2) is 49.0 Å². The molecule has 7 nitrogen and oxygen atoms in total. The molecule has 2 heterocycles. The number of sulfone groups is 1. The molecule has 0 bridgehead atoms. The second kappa shape index (κ2) is 8.54. The number of imidazole rings is 1. The average molecular weight is 451 g/mol. The summed E-state index contributed by atoms with van der Waals surface area (Å²) in [6.45, 7) is 11.6. The van der Waals surface area contributed by atoms with Crippen molar-refractivity contribution in [1.82, 2.24) is 9.55 Å². The Labute approximate surface area is 185 Å². The van der Waals surface area contributed by atoms with Crippen molar-refractivity contribution in [3.63, 3.8) is 0 Å². The second-order valence-electron chi connectivity index (χ2n) is 10.1. The lowest BCUT2D eigenvalue weighted by Crippen LogP contribution is -2.41. The van der Waals surface area contributed by atoms with E-state index in [9.17, 15) is 13.2 Å². The van der Waals surface area contributed by atoms with Crippen molar-refractivity contribution in [2.45, 2.75) is 70.1 Å². The highest BCUT2D eigenvalue weighted by atomic mass is 32.2. The number of carbonyl (C=O) groups is 1. The van der Waals surface area contributed by atoms with Gasteiger partial charge in [0.1, 0.15) is 5.82 Å². The van der Waals surface area contributed by atoms with E-state index in [1.807, 2.05) is 6.07 Å². The third-order valence-corrected chi connectivity index (χ3v) is 8.31. The van der Waals surface area contributed by atoms with Gasteiger partial charge in [-0.05, 0) is 56.2 Å². The summed E-state index contributed by atoms with van der Waals surface area (Å²) in [5.74, 6) is 0.674. The van der Waals surface area contributed by atoms with Crippen molar-refractivity contribution < 1.29 is 22.7 Å². The molecule has 31 heavy (non-hydrogen) atoms. The molecule has 172 valence electrons. The highest BCUT2D eigenvalue weighted by Gasteiger charge is 2.44. The number of benzene rings is 1. The van der Waals surface area contributed by atoms with Crippen LogP contribution in [0.3, 0.4) is 0 Å². The lowest BCUT2D eigenvalue weighted by Gasteiger charge is -2.25. The predicted octanol–water partition coefficient (Wildman–Crippen LogP) is 3.78. The van der Waals surface area contributed by atoms with Crippen LogP contribution in [0.2, 0.25) is 0 Å². The minimum Gasteiger partial charge on any atom is -0.468 e. The first-order valence-corrected chi connectivity index (χ1v) is 12.2. The molecule has 0 amide bonds. The van der Waals surface area contributed by atoms with Crippen LogP contribution < -0.4 is 0 Å². The summed E-state index contributed by atoms with van der Waals surface area (Å²) in [6.07, 6.45) is 2.80. The van der Waals surface area contributed by atoms with Crippen LogP contribution >= 0.6 is 0 Å². The first-order chi connectivity index (χ1) is 14.4. The standard InChI is InChI=1S/C23H34N2O5S/c1-22(2,3)14-20-24-18-13-17(31(27,28)23(4,5)21(26)29-6)7-8-19(18)25(20)15-16-9-11-30-12-10-16/h7-8,13,16H,9-12,14-15H2,1-6H3. The van der Waals surface area contributed by atoms with Gasteiger partial charge in [0.2, 0.25) is 0 Å². The first kappa shape index (κ1) is 23.7. The van der Waals surface area contributed by atoms with Crippen LogP contribution in [0.1, 0.15) is 53.3 Å². The quantitative estimate of drug-likeness (QED) is 0.623. The fourth-order valence-electron chi connectivity index (χ4n) is 3.98. The van der Waals surface area contributed by atoms with Crippen LogP contribution in [-0.2, 0) is 37.1 Å². The maximum Gasteiger partial charge on any atom is 0.327 e. The summed E-state index contributed by atoms with van der Waals surface area (Å²) in [6, 6.07) is 4.97. The molecule has 1 aliphatic heterocycles. The third-order valence-electron chi connectivity index (χ3n) is 5.93. The number of carbonyl (C=O) groups excluding carboxylic acids is 1. The van der Waals surface area contributed by atoms with E-state index in [-0.39, 0.29) is 10.3 Å². The number of esters is 1. The van der Waals surface area contributed by atoms with Crippen LogP contribution in [0.4, 0.5) is 0 Å². The van der Waals surface area contributed by atoms with Gasteiger partial charge in [-0.15, -0.1) is 0 Å². The van der Waals surface area contributed by atoms with Crippen molar-refractivity contribution in [3.8, 4) is 0 Å². The Morgan fingerprint density at radius 3 is 2.42 bits per heavy atom. The Morgan fingerprint density at radius 2 is 1.84 bits per heavy atom. The molecule has 1 saturated heterocycles. The Balaban J connectivity index is 2.07. The Bertz CT molecular complexity index is 1060. The minimum atomic E-state index is -3.95. The SMILES string of the molecule is COC(=O)C(C)(C)S(=O)(=O)c1ccc2c(c1)nc(CC(C)(C)C)n2CC1CCOCC1. The Hall–Kier alpha value is -1.93. The van der Waals surface area contributed by atoms with Gasteiger partial charge in [-0.1, -0.05) is 20.8 Å². The molecule has 0 N–H and O–H groups in total. The van der Waals surface area contributed by atoms with E-state index in [4.69, 9.17) is 14.5 Å². The monoisotopic (exact) mass is 450 g/mol. The van der Waals surface area contributed by atoms with Crippen LogP contribution in [0.25, 0.3) is 11.0 Å². The van der Waals surface area contributed by atoms with Gasteiger partial charge < -0.3 is 14.0 Å². The molecule has 0 saturated carbocycles. The second-order valence-corrected chi connectivity index (χ2v) is 12.6. The van der Waals surface area contributed by atoms with Gasteiger partial charge >= 0.3 is 5.97 Å². The number of hydrogen-bond acceptors (Lipinski definition) is 6. The zero-order valence-corrected chi connectivity index (χ0v) is 20.2. The summed E-state index contributed by atoms with van der Waals surface area (Å²) in [5, 5.41) is 0. The molecular formula is C23H34N2O5S. The zero-order valence-electron chi connectivity index (χ0n) is 19.4. The van der Waals surface area contributed by atoms with Crippen LogP contribution in [0.5, 0.6) is 0 Å². The minimum absolute atomic E-state index is 0.0383. The van der Waals surface area contributed by atoms with E-state index in [0.29, 0.717) is 11.4 Å². The van der Waals surface area contributed by atoms with E-state index in [2.05, 4.69) is 25.3 Å². The van der Waals surface area contributed by atoms with Crippen molar-refractivity contribution in [2.24, 2.45) is 11.3 Å². The molecular weight excluding hydrogens is 416 g/mol. The molecule has 2 aromatic rings. The number of methoxy groups -OCH3 is 1. The van der Waals surface area contributed by atoms with E-state index in [1.165, 1.54) is 21.0 Å². The number of nitrogens with zero attached hydrogens (tertiary/aromatic N) is 2. The smallest absolute Gasteiger partial charge is 0.327 e. The Kier molecular flexibility index (Phi) is 6.54. The summed E-state index contributed by atoms with van der Waals surface area (Å²) in [5.41, 5.74) is 1.59. The van der Waals surface area contributed by atoms with Crippen molar-refractivity contribution in [2.75, 3.05) is 20.3 Å². The predicted molar refractivity (Wildman–Crippen MR) is 120 cm³/mol. The molecule has 1 aromatic carbocycles. The third kappa shape index (κ3) is 4.80. The molecule has 0 atom stereocenters. The van der Waals surface area contributed by atoms with E-state index in [1.54, 1.807) is 12.1 Å². The van der Waals surface area contributed by atoms with Crippen LogP contribution in [0, 0.1) is 11.3 Å². The van der Waals surface area contributed by atoms with Gasteiger partial charge in [-0.25, -0.2) is 13.4 Å². The number of rotatable bonds is 6. The first-order valence-electron chi connectivity index (χ1n) is 10.8. The molecule has 0 radical (unpaired) electrons. The van der Waals surface area contributed by atoms with Gasteiger partial charge in [-0.2, -0.15) is 0 Å². The molecule has 0 spiro atoms. The highest BCUT2D eigenvalue weighted by Crippen LogP contribution is 2.31. The maximum atomic E-state index is 13.2. The molecule has 1 fully saturated rings. The number of ether oxygens (including phenoxy) is 2. The summed E-state index contributed by atoms with van der Waals surface area (Å²) in [7, 11) is -2.75. The molecule has 1 aromatic heterocycles. The normalized spacial score (nSPS) is 16.6. The zero-order chi connectivity index (χ0) is 23.0. The van der Waals surface area contributed by atoms with E-state index >= 15 is 0 Å². The lowest BCUT2D eigenvalue weighted by molar-refractivity contribution is -0.142. The van der Waals surface area contributed by atoms with Gasteiger partial charge in [0.05, 0.1) is 23.0 Å². The number of aromatic nitrogens is 2. The fourth-order valence-corrected chi connectivity index (χ4v) is 5.38. The largest absolute Gasteiger partial charge is 0.468 e. The molecule has 8 heteroatoms. The van der Waals surface area contributed by atoms with E-state index in [0.717, 1.165) is 50.4 Å². The highest BCUT2D eigenvalue weighted by molar-refractivity contribution is 7.93. The fraction of sp³-hybridized carbons (Fsp3) is 0.652. The van der Waals surface area contributed by atoms with Crippen molar-refractivity contribution >= 4 is 26.8 Å².